The maximum absolute atomic E-state index is 5.52. The van der Waals surface area contributed by atoms with Crippen molar-refractivity contribution in [3.05, 3.63) is 11.1 Å². The number of hydrogen-bond donors (Lipinski definition) is 1. The van der Waals surface area contributed by atoms with E-state index in [4.69, 9.17) is 10.5 Å². The first-order valence-corrected chi connectivity index (χ1v) is 4.70. The molecule has 0 bridgehead atoms. The molecular formula is C7H13N3OS. The van der Waals surface area contributed by atoms with Crippen molar-refractivity contribution >= 4 is 11.5 Å². The molecule has 0 saturated heterocycles. The number of aromatic nitrogens is 2. The fourth-order valence-electron chi connectivity index (χ4n) is 0.887. The Labute approximate surface area is 75.9 Å². The van der Waals surface area contributed by atoms with Crippen LogP contribution in [0.25, 0.3) is 0 Å². The van der Waals surface area contributed by atoms with Gasteiger partial charge in [0.15, 0.2) is 0 Å². The molecule has 1 unspecified atom stereocenters. The average Bonchev–Trinajstić information content (AvgIpc) is 2.51. The van der Waals surface area contributed by atoms with Gasteiger partial charge in [-0.1, -0.05) is 4.49 Å². The van der Waals surface area contributed by atoms with Crippen LogP contribution in [0.15, 0.2) is 5.38 Å². The molecular weight excluding hydrogens is 174 g/mol. The third-order valence-corrected chi connectivity index (χ3v) is 1.88. The molecule has 0 aromatic carbocycles. The first-order chi connectivity index (χ1) is 5.74. The number of rotatable bonds is 4. The van der Waals surface area contributed by atoms with Gasteiger partial charge in [0, 0.05) is 11.9 Å². The van der Waals surface area contributed by atoms with Gasteiger partial charge in [-0.2, -0.15) is 0 Å². The lowest BCUT2D eigenvalue weighted by atomic mass is 10.3. The molecule has 4 nitrogen and oxygen atoms in total. The summed E-state index contributed by atoms with van der Waals surface area (Å²) in [4.78, 5) is 0. The van der Waals surface area contributed by atoms with E-state index in [2.05, 4.69) is 9.59 Å². The minimum atomic E-state index is -0.108. The second-order valence-electron chi connectivity index (χ2n) is 2.74. The van der Waals surface area contributed by atoms with Crippen LogP contribution in [-0.2, 0) is 4.74 Å². The monoisotopic (exact) mass is 187 g/mol. The zero-order valence-corrected chi connectivity index (χ0v) is 8.04. The standard InChI is InChI=1S/C7H13N3OS/c1-5(2)11-7(3-8)6-4-12-10-9-6/h4-5,7H,3,8H2,1-2H3. The van der Waals surface area contributed by atoms with Crippen LogP contribution in [0.2, 0.25) is 0 Å². The third kappa shape index (κ3) is 2.51. The SMILES string of the molecule is CC(C)OC(CN)c1csnn1. The Morgan fingerprint density at radius 3 is 2.83 bits per heavy atom. The van der Waals surface area contributed by atoms with Crippen molar-refractivity contribution in [2.45, 2.75) is 26.1 Å². The molecule has 0 spiro atoms. The highest BCUT2D eigenvalue weighted by molar-refractivity contribution is 7.03. The van der Waals surface area contributed by atoms with Crippen LogP contribution in [0.4, 0.5) is 0 Å². The number of hydrogen-bond acceptors (Lipinski definition) is 5. The summed E-state index contributed by atoms with van der Waals surface area (Å²) in [5.41, 5.74) is 6.35. The van der Waals surface area contributed by atoms with Gasteiger partial charge in [0.05, 0.1) is 6.10 Å². The minimum Gasteiger partial charge on any atom is -0.368 e. The Bertz CT molecular complexity index is 212. The molecule has 12 heavy (non-hydrogen) atoms. The van der Waals surface area contributed by atoms with Crippen LogP contribution in [-0.4, -0.2) is 22.2 Å². The van der Waals surface area contributed by atoms with E-state index in [1.807, 2.05) is 19.2 Å². The van der Waals surface area contributed by atoms with Crippen molar-refractivity contribution in [2.75, 3.05) is 6.54 Å². The second kappa shape index (κ2) is 4.49. The van der Waals surface area contributed by atoms with E-state index in [1.54, 1.807) is 0 Å². The highest BCUT2D eigenvalue weighted by Gasteiger charge is 2.13. The molecule has 1 atom stereocenters. The molecule has 0 radical (unpaired) electrons. The molecule has 1 rings (SSSR count). The first kappa shape index (κ1) is 9.57. The van der Waals surface area contributed by atoms with Gasteiger partial charge in [-0.15, -0.1) is 5.10 Å². The smallest absolute Gasteiger partial charge is 0.115 e. The topological polar surface area (TPSA) is 61.0 Å². The van der Waals surface area contributed by atoms with Gasteiger partial charge in [-0.05, 0) is 25.4 Å². The Hall–Kier alpha value is -0.520. The van der Waals surface area contributed by atoms with Crippen LogP contribution in [0.3, 0.4) is 0 Å². The van der Waals surface area contributed by atoms with Crippen molar-refractivity contribution in [3.63, 3.8) is 0 Å². The third-order valence-electron chi connectivity index (χ3n) is 1.36. The quantitative estimate of drug-likeness (QED) is 0.762. The summed E-state index contributed by atoms with van der Waals surface area (Å²) in [5.74, 6) is 0. The van der Waals surface area contributed by atoms with E-state index in [9.17, 15) is 0 Å². The lowest BCUT2D eigenvalue weighted by molar-refractivity contribution is 0.00956. The Balaban J connectivity index is 2.57. The van der Waals surface area contributed by atoms with Crippen molar-refractivity contribution in [2.24, 2.45) is 5.73 Å². The van der Waals surface area contributed by atoms with Gasteiger partial charge in [-0.3, -0.25) is 0 Å². The van der Waals surface area contributed by atoms with E-state index >= 15 is 0 Å². The summed E-state index contributed by atoms with van der Waals surface area (Å²) in [7, 11) is 0. The molecule has 1 heterocycles. The average molecular weight is 187 g/mol. The predicted octanol–water partition coefficient (Wildman–Crippen LogP) is 0.963. The maximum atomic E-state index is 5.52. The molecule has 0 amide bonds. The summed E-state index contributed by atoms with van der Waals surface area (Å²) < 4.78 is 9.28. The normalized spacial score (nSPS) is 13.7. The second-order valence-corrected chi connectivity index (χ2v) is 3.35. The van der Waals surface area contributed by atoms with E-state index < -0.39 is 0 Å². The van der Waals surface area contributed by atoms with Crippen LogP contribution in [0, 0.1) is 0 Å². The highest BCUT2D eigenvalue weighted by Crippen LogP contribution is 2.15. The zero-order chi connectivity index (χ0) is 8.97. The van der Waals surface area contributed by atoms with Gasteiger partial charge < -0.3 is 10.5 Å². The predicted molar refractivity (Wildman–Crippen MR) is 47.9 cm³/mol. The molecule has 5 heteroatoms. The fourth-order valence-corrected chi connectivity index (χ4v) is 1.38. The summed E-state index contributed by atoms with van der Waals surface area (Å²) in [6.45, 7) is 4.40. The van der Waals surface area contributed by atoms with Crippen LogP contribution < -0.4 is 5.73 Å². The van der Waals surface area contributed by atoms with Gasteiger partial charge in [0.25, 0.3) is 0 Å². The molecule has 68 valence electrons. The maximum Gasteiger partial charge on any atom is 0.115 e. The first-order valence-electron chi connectivity index (χ1n) is 3.86. The fraction of sp³-hybridized carbons (Fsp3) is 0.714. The highest BCUT2D eigenvalue weighted by atomic mass is 32.1. The summed E-state index contributed by atoms with van der Waals surface area (Å²) in [5, 5.41) is 5.76. The summed E-state index contributed by atoms with van der Waals surface area (Å²) in [6, 6.07) is 0. The Morgan fingerprint density at radius 1 is 1.67 bits per heavy atom. The number of ether oxygens (including phenoxy) is 1. The van der Waals surface area contributed by atoms with E-state index in [1.165, 1.54) is 11.5 Å². The van der Waals surface area contributed by atoms with Gasteiger partial charge in [0.2, 0.25) is 0 Å². The van der Waals surface area contributed by atoms with Gasteiger partial charge in [-0.25, -0.2) is 0 Å². The van der Waals surface area contributed by atoms with E-state index in [-0.39, 0.29) is 12.2 Å². The van der Waals surface area contributed by atoms with Gasteiger partial charge >= 0.3 is 0 Å². The largest absolute Gasteiger partial charge is 0.368 e. The molecule has 2 N–H and O–H groups in total. The Morgan fingerprint density at radius 2 is 2.42 bits per heavy atom. The zero-order valence-electron chi connectivity index (χ0n) is 7.23. The molecule has 1 aromatic heterocycles. The molecule has 0 aliphatic heterocycles. The summed E-state index contributed by atoms with van der Waals surface area (Å²) in [6.07, 6.45) is 0.0593. The minimum absolute atomic E-state index is 0.108. The lowest BCUT2D eigenvalue weighted by Gasteiger charge is -2.15. The molecule has 0 fully saturated rings. The van der Waals surface area contributed by atoms with Crippen molar-refractivity contribution < 1.29 is 4.74 Å². The van der Waals surface area contributed by atoms with Crippen molar-refractivity contribution in [1.29, 1.82) is 0 Å². The van der Waals surface area contributed by atoms with Crippen LogP contribution >= 0.6 is 11.5 Å². The van der Waals surface area contributed by atoms with Crippen LogP contribution in [0.1, 0.15) is 25.6 Å². The molecule has 0 aliphatic rings. The molecule has 0 saturated carbocycles. The number of nitrogens with zero attached hydrogens (tertiary/aromatic N) is 2. The lowest BCUT2D eigenvalue weighted by Crippen LogP contribution is -2.19. The Kier molecular flexibility index (Phi) is 3.58. The molecule has 1 aromatic rings. The number of nitrogens with two attached hydrogens (primary N) is 1. The molecule has 0 aliphatic carbocycles. The van der Waals surface area contributed by atoms with Crippen molar-refractivity contribution in [3.8, 4) is 0 Å². The van der Waals surface area contributed by atoms with Gasteiger partial charge in [0.1, 0.15) is 11.8 Å². The summed E-state index contributed by atoms with van der Waals surface area (Å²) >= 11 is 1.31. The van der Waals surface area contributed by atoms with E-state index in [0.717, 1.165) is 5.69 Å². The van der Waals surface area contributed by atoms with E-state index in [0.29, 0.717) is 6.54 Å². The van der Waals surface area contributed by atoms with Crippen LogP contribution in [0.5, 0.6) is 0 Å². The van der Waals surface area contributed by atoms with Crippen molar-refractivity contribution in [1.82, 2.24) is 9.59 Å².